The van der Waals surface area contributed by atoms with Gasteiger partial charge < -0.3 is 9.64 Å². The van der Waals surface area contributed by atoms with Gasteiger partial charge in [0, 0.05) is 44.6 Å². The molecule has 0 aliphatic carbocycles. The second-order valence-corrected chi connectivity index (χ2v) is 10.9. The van der Waals surface area contributed by atoms with Crippen molar-refractivity contribution in [3.63, 3.8) is 0 Å². The molecular weight excluding hydrogens is 471 g/mol. The first kappa shape index (κ1) is 26.9. The smallest absolute Gasteiger partial charge is 0.262 e. The first-order chi connectivity index (χ1) is 17.7. The van der Waals surface area contributed by atoms with E-state index in [1.165, 1.54) is 11.1 Å². The molecule has 0 aromatic heterocycles. The number of hydrazone groups is 1. The number of hydrogen-bond donors (Lipinski definition) is 0. The highest BCUT2D eigenvalue weighted by molar-refractivity contribution is 6.03. The summed E-state index contributed by atoms with van der Waals surface area (Å²) >= 11 is 0. The SMILES string of the molecule is CC(C)(C)CC(=O)N(CCN1CCOCC1)CC(=O)N1N=C(c2ccccc2F)C[C@@H]1c1ccccc1. The van der Waals surface area contributed by atoms with Crippen molar-refractivity contribution in [3.8, 4) is 0 Å². The van der Waals surface area contributed by atoms with Gasteiger partial charge in [-0.05, 0) is 17.0 Å². The fourth-order valence-electron chi connectivity index (χ4n) is 4.71. The summed E-state index contributed by atoms with van der Waals surface area (Å²) in [5.74, 6) is -0.692. The maximum absolute atomic E-state index is 14.6. The molecule has 2 heterocycles. The van der Waals surface area contributed by atoms with Crippen molar-refractivity contribution >= 4 is 17.5 Å². The Kier molecular flexibility index (Phi) is 8.71. The van der Waals surface area contributed by atoms with Crippen LogP contribution in [-0.2, 0) is 14.3 Å². The highest BCUT2D eigenvalue weighted by atomic mass is 19.1. The van der Waals surface area contributed by atoms with Gasteiger partial charge in [-0.15, -0.1) is 0 Å². The average molecular weight is 509 g/mol. The maximum atomic E-state index is 14.6. The number of carbonyl (C=O) groups excluding carboxylic acids is 2. The lowest BCUT2D eigenvalue weighted by Gasteiger charge is -2.32. The van der Waals surface area contributed by atoms with Gasteiger partial charge in [0.1, 0.15) is 12.4 Å². The Morgan fingerprint density at radius 2 is 1.73 bits per heavy atom. The van der Waals surface area contributed by atoms with Gasteiger partial charge in [0.05, 0.1) is 25.0 Å². The summed E-state index contributed by atoms with van der Waals surface area (Å²) in [6.45, 7) is 10.1. The molecule has 0 N–H and O–H groups in total. The molecule has 2 amide bonds. The predicted octanol–water partition coefficient (Wildman–Crippen LogP) is 4.10. The van der Waals surface area contributed by atoms with Crippen LogP contribution in [0.25, 0.3) is 0 Å². The number of carbonyl (C=O) groups is 2. The molecule has 0 saturated carbocycles. The monoisotopic (exact) mass is 508 g/mol. The van der Waals surface area contributed by atoms with Gasteiger partial charge in [-0.1, -0.05) is 69.3 Å². The minimum absolute atomic E-state index is 0.0529. The Bertz CT molecular complexity index is 1110. The second kappa shape index (κ2) is 12.0. The van der Waals surface area contributed by atoms with Gasteiger partial charge >= 0.3 is 0 Å². The number of morpholine rings is 1. The van der Waals surface area contributed by atoms with Crippen molar-refractivity contribution in [2.75, 3.05) is 45.9 Å². The van der Waals surface area contributed by atoms with Crippen molar-refractivity contribution < 1.29 is 18.7 Å². The van der Waals surface area contributed by atoms with Crippen LogP contribution < -0.4 is 0 Å². The summed E-state index contributed by atoms with van der Waals surface area (Å²) in [6, 6.07) is 15.8. The number of hydrogen-bond acceptors (Lipinski definition) is 5. The van der Waals surface area contributed by atoms with Crippen LogP contribution in [0.5, 0.6) is 0 Å². The molecule has 0 radical (unpaired) electrons. The third kappa shape index (κ3) is 7.23. The van der Waals surface area contributed by atoms with Crippen LogP contribution >= 0.6 is 0 Å². The summed E-state index contributed by atoms with van der Waals surface area (Å²) in [4.78, 5) is 30.9. The first-order valence-electron chi connectivity index (χ1n) is 13.0. The van der Waals surface area contributed by atoms with Crippen LogP contribution in [0.4, 0.5) is 4.39 Å². The Morgan fingerprint density at radius 1 is 1.05 bits per heavy atom. The zero-order valence-electron chi connectivity index (χ0n) is 22.0. The molecule has 2 aliphatic heterocycles. The second-order valence-electron chi connectivity index (χ2n) is 10.9. The van der Waals surface area contributed by atoms with E-state index in [1.807, 2.05) is 51.1 Å². The summed E-state index contributed by atoms with van der Waals surface area (Å²) in [6.07, 6.45) is 0.746. The molecule has 37 heavy (non-hydrogen) atoms. The number of benzene rings is 2. The van der Waals surface area contributed by atoms with Gasteiger partial charge in [-0.25, -0.2) is 9.40 Å². The summed E-state index contributed by atoms with van der Waals surface area (Å²) in [5.41, 5.74) is 1.65. The Hall–Kier alpha value is -3.10. The Morgan fingerprint density at radius 3 is 2.41 bits per heavy atom. The van der Waals surface area contributed by atoms with Crippen molar-refractivity contribution in [1.82, 2.24) is 14.8 Å². The van der Waals surface area contributed by atoms with E-state index in [2.05, 4.69) is 10.0 Å². The molecule has 7 nitrogen and oxygen atoms in total. The fraction of sp³-hybridized carbons (Fsp3) is 0.483. The standard InChI is InChI=1S/C29H37FN4O3/c1-29(2,3)20-27(35)33(14-13-32-15-17-37-18-16-32)21-28(36)34-26(22-9-5-4-6-10-22)19-25(31-34)23-11-7-8-12-24(23)30/h4-12,26H,13-21H2,1-3H3/t26-/m1/s1. The van der Waals surface area contributed by atoms with Crippen LogP contribution in [0.2, 0.25) is 0 Å². The molecule has 1 saturated heterocycles. The van der Waals surface area contributed by atoms with E-state index in [1.54, 1.807) is 23.1 Å². The van der Waals surface area contributed by atoms with E-state index in [0.29, 0.717) is 50.4 Å². The van der Waals surface area contributed by atoms with E-state index < -0.39 is 0 Å². The minimum Gasteiger partial charge on any atom is -0.379 e. The largest absolute Gasteiger partial charge is 0.379 e. The van der Waals surface area contributed by atoms with Crippen LogP contribution in [0, 0.1) is 11.2 Å². The molecule has 198 valence electrons. The van der Waals surface area contributed by atoms with E-state index >= 15 is 0 Å². The number of nitrogens with zero attached hydrogens (tertiary/aromatic N) is 4. The van der Waals surface area contributed by atoms with Gasteiger partial charge in [0.15, 0.2) is 0 Å². The zero-order valence-corrected chi connectivity index (χ0v) is 22.0. The topological polar surface area (TPSA) is 65.5 Å². The Balaban J connectivity index is 1.56. The molecule has 1 atom stereocenters. The first-order valence-corrected chi connectivity index (χ1v) is 13.0. The van der Waals surface area contributed by atoms with Gasteiger partial charge in [-0.3, -0.25) is 14.5 Å². The van der Waals surface area contributed by atoms with Gasteiger partial charge in [-0.2, -0.15) is 5.10 Å². The fourth-order valence-corrected chi connectivity index (χ4v) is 4.71. The molecule has 4 rings (SSSR count). The number of amides is 2. The molecule has 2 aromatic carbocycles. The third-order valence-electron chi connectivity index (χ3n) is 6.69. The number of halogens is 1. The van der Waals surface area contributed by atoms with Crippen LogP contribution in [0.1, 0.15) is 50.8 Å². The highest BCUT2D eigenvalue weighted by Gasteiger charge is 2.35. The van der Waals surface area contributed by atoms with Crippen molar-refractivity contribution in [1.29, 1.82) is 0 Å². The Labute approximate surface area is 218 Å². The molecular formula is C29H37FN4O3. The minimum atomic E-state index is -0.366. The van der Waals surface area contributed by atoms with Crippen molar-refractivity contribution in [3.05, 3.63) is 71.5 Å². The molecule has 0 unspecified atom stereocenters. The van der Waals surface area contributed by atoms with E-state index in [-0.39, 0.29) is 35.6 Å². The van der Waals surface area contributed by atoms with E-state index in [9.17, 15) is 14.0 Å². The quantitative estimate of drug-likeness (QED) is 0.539. The van der Waals surface area contributed by atoms with Crippen LogP contribution in [-0.4, -0.2) is 78.3 Å². The van der Waals surface area contributed by atoms with Gasteiger partial charge in [0.2, 0.25) is 5.91 Å². The molecule has 0 bridgehead atoms. The number of ether oxygens (including phenoxy) is 1. The lowest BCUT2D eigenvalue weighted by Crippen LogP contribution is -2.47. The van der Waals surface area contributed by atoms with E-state index in [4.69, 9.17) is 4.74 Å². The predicted molar refractivity (Wildman–Crippen MR) is 141 cm³/mol. The summed E-state index contributed by atoms with van der Waals surface area (Å²) in [5, 5.41) is 6.06. The lowest BCUT2D eigenvalue weighted by molar-refractivity contribution is -0.142. The highest BCUT2D eigenvalue weighted by Crippen LogP contribution is 2.33. The lowest BCUT2D eigenvalue weighted by atomic mass is 9.91. The molecule has 1 fully saturated rings. The zero-order chi connectivity index (χ0) is 26.4. The maximum Gasteiger partial charge on any atom is 0.262 e. The molecule has 0 spiro atoms. The number of rotatable bonds is 8. The van der Waals surface area contributed by atoms with Gasteiger partial charge in [0.25, 0.3) is 5.91 Å². The summed E-state index contributed by atoms with van der Waals surface area (Å²) < 4.78 is 20.0. The molecule has 2 aliphatic rings. The van der Waals surface area contributed by atoms with Crippen LogP contribution in [0.15, 0.2) is 59.7 Å². The summed E-state index contributed by atoms with van der Waals surface area (Å²) in [7, 11) is 0. The molecule has 8 heteroatoms. The van der Waals surface area contributed by atoms with Crippen LogP contribution in [0.3, 0.4) is 0 Å². The molecule has 2 aromatic rings. The van der Waals surface area contributed by atoms with Crippen molar-refractivity contribution in [2.45, 2.75) is 39.7 Å². The van der Waals surface area contributed by atoms with Crippen molar-refractivity contribution in [2.24, 2.45) is 10.5 Å². The third-order valence-corrected chi connectivity index (χ3v) is 6.69. The average Bonchev–Trinajstić information content (AvgIpc) is 3.32. The normalized spacial score (nSPS) is 18.5. The van der Waals surface area contributed by atoms with E-state index in [0.717, 1.165) is 18.7 Å².